The van der Waals surface area contributed by atoms with E-state index in [0.29, 0.717) is 5.56 Å². The van der Waals surface area contributed by atoms with Crippen LogP contribution < -0.4 is 10.6 Å². The average molecular weight is 398 g/mol. The van der Waals surface area contributed by atoms with Gasteiger partial charge in [-0.1, -0.05) is 48.5 Å². The monoisotopic (exact) mass is 398 g/mol. The van der Waals surface area contributed by atoms with Crippen molar-refractivity contribution in [3.63, 3.8) is 0 Å². The third-order valence-electron chi connectivity index (χ3n) is 3.90. The fourth-order valence-corrected chi connectivity index (χ4v) is 2.46. The van der Waals surface area contributed by atoms with Crippen molar-refractivity contribution in [1.82, 2.24) is 10.6 Å². The lowest BCUT2D eigenvalue weighted by molar-refractivity contribution is -0.149. The van der Waals surface area contributed by atoms with Crippen molar-refractivity contribution < 1.29 is 28.7 Å². The molecule has 0 saturated carbocycles. The van der Waals surface area contributed by atoms with Gasteiger partial charge in [0.05, 0.1) is 7.11 Å². The molecule has 0 aromatic heterocycles. The number of amides is 2. The molecular weight excluding hydrogens is 376 g/mol. The summed E-state index contributed by atoms with van der Waals surface area (Å²) in [6.07, 6.45) is 0.236. The van der Waals surface area contributed by atoms with Gasteiger partial charge in [-0.15, -0.1) is 0 Å². The van der Waals surface area contributed by atoms with E-state index in [1.54, 1.807) is 30.3 Å². The molecule has 0 unspecified atom stereocenters. The Kier molecular flexibility index (Phi) is 8.37. The van der Waals surface area contributed by atoms with Crippen LogP contribution in [0.1, 0.15) is 15.9 Å². The van der Waals surface area contributed by atoms with Gasteiger partial charge in [0.25, 0.3) is 11.8 Å². The SMILES string of the molecule is COC(=O)[C@@H](Cc1ccccc1)NC(=O)COC(=O)CNC(=O)c1ccccc1. The van der Waals surface area contributed by atoms with Gasteiger partial charge in [0.1, 0.15) is 12.6 Å². The molecule has 2 amide bonds. The van der Waals surface area contributed by atoms with Crippen LogP contribution in [0.5, 0.6) is 0 Å². The predicted octanol–water partition coefficient (Wildman–Crippen LogP) is 0.860. The van der Waals surface area contributed by atoms with Crippen molar-refractivity contribution in [2.24, 2.45) is 0 Å². The standard InChI is InChI=1S/C21H22N2O6/c1-28-21(27)17(12-15-8-4-2-5-9-15)23-18(24)14-29-19(25)13-22-20(26)16-10-6-3-7-11-16/h2-11,17H,12-14H2,1H3,(H,22,26)(H,23,24)/t17-/m1/s1. The van der Waals surface area contributed by atoms with Crippen molar-refractivity contribution in [3.8, 4) is 0 Å². The molecule has 0 spiro atoms. The van der Waals surface area contributed by atoms with Gasteiger partial charge < -0.3 is 20.1 Å². The topological polar surface area (TPSA) is 111 Å². The largest absolute Gasteiger partial charge is 0.467 e. The highest BCUT2D eigenvalue weighted by atomic mass is 16.5. The van der Waals surface area contributed by atoms with Crippen LogP contribution in [0, 0.1) is 0 Å². The molecule has 0 radical (unpaired) electrons. The van der Waals surface area contributed by atoms with Gasteiger partial charge in [-0.25, -0.2) is 4.79 Å². The van der Waals surface area contributed by atoms with E-state index in [9.17, 15) is 19.2 Å². The Balaban J connectivity index is 1.78. The van der Waals surface area contributed by atoms with Gasteiger partial charge in [0.2, 0.25) is 0 Å². The second-order valence-corrected chi connectivity index (χ2v) is 6.04. The lowest BCUT2D eigenvalue weighted by atomic mass is 10.1. The molecule has 8 heteroatoms. The Morgan fingerprint density at radius 1 is 0.931 bits per heavy atom. The van der Waals surface area contributed by atoms with Gasteiger partial charge in [0.15, 0.2) is 6.61 Å². The van der Waals surface area contributed by atoms with Crippen molar-refractivity contribution in [2.45, 2.75) is 12.5 Å². The van der Waals surface area contributed by atoms with Crippen molar-refractivity contribution in [1.29, 1.82) is 0 Å². The molecule has 0 aliphatic carbocycles. The summed E-state index contributed by atoms with van der Waals surface area (Å²) in [7, 11) is 1.22. The zero-order valence-corrected chi connectivity index (χ0v) is 15.9. The Hall–Kier alpha value is -3.68. The molecule has 0 saturated heterocycles. The molecule has 0 aliphatic heterocycles. The normalized spacial score (nSPS) is 11.1. The molecule has 0 aliphatic rings. The van der Waals surface area contributed by atoms with Crippen LogP contribution in [-0.2, 0) is 30.3 Å². The van der Waals surface area contributed by atoms with Gasteiger partial charge in [0, 0.05) is 12.0 Å². The van der Waals surface area contributed by atoms with Crippen LogP contribution in [0.15, 0.2) is 60.7 Å². The molecular formula is C21H22N2O6. The Morgan fingerprint density at radius 3 is 2.17 bits per heavy atom. The molecule has 29 heavy (non-hydrogen) atoms. The first-order chi connectivity index (χ1) is 14.0. The quantitative estimate of drug-likeness (QED) is 0.606. The average Bonchev–Trinajstić information content (AvgIpc) is 2.76. The highest BCUT2D eigenvalue weighted by molar-refractivity contribution is 5.96. The van der Waals surface area contributed by atoms with Crippen LogP contribution >= 0.6 is 0 Å². The number of esters is 2. The van der Waals surface area contributed by atoms with Gasteiger partial charge in [-0.2, -0.15) is 0 Å². The lowest BCUT2D eigenvalue weighted by Crippen LogP contribution is -2.45. The number of nitrogens with one attached hydrogen (secondary N) is 2. The maximum Gasteiger partial charge on any atom is 0.328 e. The van der Waals surface area contributed by atoms with E-state index in [4.69, 9.17) is 9.47 Å². The fourth-order valence-electron chi connectivity index (χ4n) is 2.46. The summed E-state index contributed by atoms with van der Waals surface area (Å²) in [6.45, 7) is -0.965. The second-order valence-electron chi connectivity index (χ2n) is 6.04. The van der Waals surface area contributed by atoms with Crippen LogP contribution in [0.25, 0.3) is 0 Å². The van der Waals surface area contributed by atoms with Crippen molar-refractivity contribution in [3.05, 3.63) is 71.8 Å². The third kappa shape index (κ3) is 7.45. The molecule has 152 valence electrons. The van der Waals surface area contributed by atoms with Gasteiger partial charge in [-0.3, -0.25) is 14.4 Å². The number of hydrogen-bond acceptors (Lipinski definition) is 6. The molecule has 0 heterocycles. The first-order valence-electron chi connectivity index (χ1n) is 8.89. The van der Waals surface area contributed by atoms with Crippen LogP contribution in [-0.4, -0.2) is 50.1 Å². The molecule has 2 rings (SSSR count). The summed E-state index contributed by atoms with van der Waals surface area (Å²) in [5, 5.41) is 4.89. The minimum absolute atomic E-state index is 0.236. The van der Waals surface area contributed by atoms with Gasteiger partial charge >= 0.3 is 11.9 Å². The zero-order valence-electron chi connectivity index (χ0n) is 15.9. The minimum atomic E-state index is -0.911. The van der Waals surface area contributed by atoms with E-state index >= 15 is 0 Å². The molecule has 2 aromatic rings. The molecule has 2 aromatic carbocycles. The van der Waals surface area contributed by atoms with Crippen LogP contribution in [0.3, 0.4) is 0 Å². The molecule has 1 atom stereocenters. The van der Waals surface area contributed by atoms with E-state index in [1.807, 2.05) is 30.3 Å². The summed E-state index contributed by atoms with van der Waals surface area (Å²) in [4.78, 5) is 47.6. The molecule has 0 fully saturated rings. The summed E-state index contributed by atoms with van der Waals surface area (Å²) in [5.74, 6) is -2.47. The predicted molar refractivity (Wildman–Crippen MR) is 104 cm³/mol. The first-order valence-corrected chi connectivity index (χ1v) is 8.89. The maximum absolute atomic E-state index is 12.0. The summed E-state index contributed by atoms with van der Waals surface area (Å²) in [5.41, 5.74) is 1.24. The Morgan fingerprint density at radius 2 is 1.55 bits per heavy atom. The van der Waals surface area contributed by atoms with Crippen LogP contribution in [0.2, 0.25) is 0 Å². The number of rotatable bonds is 9. The fraction of sp³-hybridized carbons (Fsp3) is 0.238. The van der Waals surface area contributed by atoms with Crippen LogP contribution in [0.4, 0.5) is 0 Å². The summed E-state index contributed by atoms with van der Waals surface area (Å²) < 4.78 is 9.55. The maximum atomic E-state index is 12.0. The van der Waals surface area contributed by atoms with Crippen molar-refractivity contribution >= 4 is 23.8 Å². The zero-order chi connectivity index (χ0) is 21.1. The molecule has 0 bridgehead atoms. The third-order valence-corrected chi connectivity index (χ3v) is 3.90. The minimum Gasteiger partial charge on any atom is -0.467 e. The number of carbonyl (C=O) groups is 4. The number of hydrogen-bond donors (Lipinski definition) is 2. The number of carbonyl (C=O) groups excluding carboxylic acids is 4. The summed E-state index contributed by atoms with van der Waals surface area (Å²) >= 11 is 0. The van der Waals surface area contributed by atoms with E-state index in [1.165, 1.54) is 7.11 Å². The highest BCUT2D eigenvalue weighted by Crippen LogP contribution is 2.04. The van der Waals surface area contributed by atoms with Crippen molar-refractivity contribution in [2.75, 3.05) is 20.3 Å². The second kappa shape index (κ2) is 11.2. The molecule has 8 nitrogen and oxygen atoms in total. The smallest absolute Gasteiger partial charge is 0.328 e. The summed E-state index contributed by atoms with van der Waals surface area (Å²) in [6, 6.07) is 16.6. The van der Waals surface area contributed by atoms with E-state index < -0.39 is 36.4 Å². The number of methoxy groups -OCH3 is 1. The number of ether oxygens (including phenoxy) is 2. The van der Waals surface area contributed by atoms with E-state index in [2.05, 4.69) is 10.6 Å². The Labute approximate surface area is 168 Å². The highest BCUT2D eigenvalue weighted by Gasteiger charge is 2.22. The Bertz CT molecular complexity index is 839. The lowest BCUT2D eigenvalue weighted by Gasteiger charge is -2.16. The first kappa shape index (κ1) is 21.6. The van der Waals surface area contributed by atoms with Gasteiger partial charge in [-0.05, 0) is 17.7 Å². The van der Waals surface area contributed by atoms with E-state index in [-0.39, 0.29) is 13.0 Å². The molecule has 2 N–H and O–H groups in total. The number of benzene rings is 2. The van der Waals surface area contributed by atoms with E-state index in [0.717, 1.165) is 5.56 Å².